The summed E-state index contributed by atoms with van der Waals surface area (Å²) in [6.07, 6.45) is 4.63. The van der Waals surface area contributed by atoms with E-state index < -0.39 is 0 Å². The minimum atomic E-state index is 0.209. The van der Waals surface area contributed by atoms with Gasteiger partial charge < -0.3 is 14.7 Å². The summed E-state index contributed by atoms with van der Waals surface area (Å²) in [6.45, 7) is 2.13. The van der Waals surface area contributed by atoms with Crippen LogP contribution in [0.5, 0.6) is 5.75 Å². The Morgan fingerprint density at radius 1 is 1.33 bits per heavy atom. The van der Waals surface area contributed by atoms with Crippen molar-refractivity contribution in [2.45, 2.75) is 12.5 Å². The van der Waals surface area contributed by atoms with Gasteiger partial charge in [-0.05, 0) is 24.6 Å². The average Bonchev–Trinajstić information content (AvgIpc) is 3.38. The van der Waals surface area contributed by atoms with E-state index in [0.717, 1.165) is 53.0 Å². The topological polar surface area (TPSA) is 93.8 Å². The predicted molar refractivity (Wildman–Crippen MR) is 102 cm³/mol. The normalized spacial score (nSPS) is 17.7. The minimum Gasteiger partial charge on any atom is -0.508 e. The van der Waals surface area contributed by atoms with E-state index in [1.807, 2.05) is 24.4 Å². The number of aromatic amines is 1. The number of fused-ring (bicyclic) bond motifs is 3. The van der Waals surface area contributed by atoms with Crippen LogP contribution in [-0.4, -0.2) is 49.2 Å². The zero-order valence-electron chi connectivity index (χ0n) is 14.6. The van der Waals surface area contributed by atoms with E-state index >= 15 is 0 Å². The summed E-state index contributed by atoms with van der Waals surface area (Å²) in [5, 5.41) is 20.0. The first-order chi connectivity index (χ1) is 13.2. The Kier molecular flexibility index (Phi) is 3.59. The van der Waals surface area contributed by atoms with Crippen LogP contribution in [0.1, 0.15) is 12.5 Å². The predicted octanol–water partition coefficient (Wildman–Crippen LogP) is 3.06. The summed E-state index contributed by atoms with van der Waals surface area (Å²) in [5.74, 6) is 1.04. The molecule has 0 aliphatic carbocycles. The van der Waals surface area contributed by atoms with Crippen molar-refractivity contribution in [2.75, 3.05) is 19.6 Å². The number of phenols is 1. The molecular formula is C20H18N6O. The van der Waals surface area contributed by atoms with Crippen molar-refractivity contribution in [1.82, 2.24) is 24.4 Å². The Morgan fingerprint density at radius 2 is 2.26 bits per heavy atom. The van der Waals surface area contributed by atoms with Crippen molar-refractivity contribution < 1.29 is 5.11 Å². The molecule has 2 N–H and O–H groups in total. The van der Waals surface area contributed by atoms with Crippen molar-refractivity contribution in [3.63, 3.8) is 0 Å². The van der Waals surface area contributed by atoms with Gasteiger partial charge in [-0.3, -0.25) is 4.90 Å². The third-order valence-corrected chi connectivity index (χ3v) is 5.25. The van der Waals surface area contributed by atoms with Gasteiger partial charge in [0.05, 0.1) is 24.3 Å². The molecule has 7 nitrogen and oxygen atoms in total. The molecule has 5 rings (SSSR count). The van der Waals surface area contributed by atoms with Crippen molar-refractivity contribution in [2.24, 2.45) is 0 Å². The smallest absolute Gasteiger partial charge is 0.141 e. The van der Waals surface area contributed by atoms with Crippen molar-refractivity contribution in [1.29, 1.82) is 5.26 Å². The third kappa shape index (κ3) is 2.54. The highest BCUT2D eigenvalue weighted by atomic mass is 16.3. The monoisotopic (exact) mass is 358 g/mol. The van der Waals surface area contributed by atoms with Crippen LogP contribution in [0, 0.1) is 11.3 Å². The van der Waals surface area contributed by atoms with Gasteiger partial charge in [-0.15, -0.1) is 0 Å². The van der Waals surface area contributed by atoms with Gasteiger partial charge in [-0.2, -0.15) is 5.26 Å². The van der Waals surface area contributed by atoms with Gasteiger partial charge in [0.2, 0.25) is 0 Å². The second-order valence-corrected chi connectivity index (χ2v) is 6.92. The van der Waals surface area contributed by atoms with E-state index in [-0.39, 0.29) is 11.8 Å². The van der Waals surface area contributed by atoms with E-state index in [9.17, 15) is 5.11 Å². The molecule has 1 aliphatic heterocycles. The number of H-pyrrole nitrogens is 1. The maximum atomic E-state index is 9.96. The number of hydrogen-bond donors (Lipinski definition) is 2. The van der Waals surface area contributed by atoms with E-state index in [1.54, 1.807) is 18.3 Å². The number of aromatic hydroxyl groups is 1. The van der Waals surface area contributed by atoms with Crippen LogP contribution in [-0.2, 0) is 0 Å². The maximum absolute atomic E-state index is 9.96. The maximum Gasteiger partial charge on any atom is 0.141 e. The van der Waals surface area contributed by atoms with Crippen LogP contribution in [0.3, 0.4) is 0 Å². The number of pyridine rings is 1. The highest BCUT2D eigenvalue weighted by Gasteiger charge is 2.28. The molecule has 4 aromatic rings. The first kappa shape index (κ1) is 15.9. The highest BCUT2D eigenvalue weighted by molar-refractivity contribution is 6.02. The summed E-state index contributed by atoms with van der Waals surface area (Å²) in [4.78, 5) is 14.7. The molecule has 1 saturated heterocycles. The fraction of sp³-hybridized carbons (Fsp3) is 0.250. The van der Waals surface area contributed by atoms with Gasteiger partial charge in [-0.1, -0.05) is 12.1 Å². The van der Waals surface area contributed by atoms with Crippen molar-refractivity contribution >= 4 is 22.1 Å². The Bertz CT molecular complexity index is 1180. The van der Waals surface area contributed by atoms with Gasteiger partial charge in [-0.25, -0.2) is 9.97 Å². The number of phenolic OH excluding ortho intramolecular Hbond substituents is 1. The quantitative estimate of drug-likeness (QED) is 0.549. The Hall–Kier alpha value is -3.37. The first-order valence-electron chi connectivity index (χ1n) is 8.97. The summed E-state index contributed by atoms with van der Waals surface area (Å²) >= 11 is 0. The molecule has 0 radical (unpaired) electrons. The molecule has 0 amide bonds. The molecule has 1 aromatic carbocycles. The molecule has 7 heteroatoms. The van der Waals surface area contributed by atoms with E-state index in [1.165, 1.54) is 0 Å². The van der Waals surface area contributed by atoms with Gasteiger partial charge >= 0.3 is 0 Å². The van der Waals surface area contributed by atoms with Crippen LogP contribution < -0.4 is 0 Å². The lowest BCUT2D eigenvalue weighted by Crippen LogP contribution is -2.22. The first-order valence-corrected chi connectivity index (χ1v) is 8.97. The van der Waals surface area contributed by atoms with Gasteiger partial charge in [0.1, 0.15) is 22.7 Å². The fourth-order valence-electron chi connectivity index (χ4n) is 4.06. The second kappa shape index (κ2) is 6.11. The number of benzene rings is 1. The lowest BCUT2D eigenvalue weighted by Gasteiger charge is -2.18. The van der Waals surface area contributed by atoms with Crippen LogP contribution in [0.15, 0.2) is 42.7 Å². The fourth-order valence-corrected chi connectivity index (χ4v) is 4.06. The Balaban J connectivity index is 1.76. The molecule has 0 spiro atoms. The Morgan fingerprint density at radius 3 is 3.11 bits per heavy atom. The molecule has 4 heterocycles. The number of hydrogen-bond acceptors (Lipinski definition) is 5. The number of likely N-dealkylation sites (tertiary alicyclic amines) is 1. The van der Waals surface area contributed by atoms with Crippen LogP contribution in [0.25, 0.3) is 33.5 Å². The third-order valence-electron chi connectivity index (χ3n) is 5.25. The van der Waals surface area contributed by atoms with E-state index in [0.29, 0.717) is 6.54 Å². The summed E-state index contributed by atoms with van der Waals surface area (Å²) in [6, 6.07) is 11.7. The zero-order chi connectivity index (χ0) is 18.4. The molecule has 0 bridgehead atoms. The number of nitrogens with zero attached hydrogens (tertiary/aromatic N) is 5. The highest BCUT2D eigenvalue weighted by Crippen LogP contribution is 2.36. The lowest BCUT2D eigenvalue weighted by atomic mass is 10.1. The number of imidazole rings is 1. The number of aromatic nitrogens is 4. The zero-order valence-corrected chi connectivity index (χ0v) is 14.6. The average molecular weight is 358 g/mol. The number of nitrogens with one attached hydrogen (secondary N) is 1. The molecule has 1 fully saturated rings. The van der Waals surface area contributed by atoms with E-state index in [2.05, 4.69) is 25.5 Å². The van der Waals surface area contributed by atoms with Crippen LogP contribution in [0.2, 0.25) is 0 Å². The second-order valence-electron chi connectivity index (χ2n) is 6.92. The largest absolute Gasteiger partial charge is 0.508 e. The molecule has 1 aliphatic rings. The molecule has 134 valence electrons. The van der Waals surface area contributed by atoms with Crippen molar-refractivity contribution in [3.8, 4) is 23.2 Å². The number of rotatable bonds is 3. The lowest BCUT2D eigenvalue weighted by molar-refractivity contribution is 0.363. The minimum absolute atomic E-state index is 0.209. The SMILES string of the molecule is N#CCN1CCC(n2c(-c3cccc(O)c3)nc3cnc4[nH]ccc4c32)C1. The Labute approximate surface area is 155 Å². The van der Waals surface area contributed by atoms with Crippen LogP contribution >= 0.6 is 0 Å². The standard InChI is InChI=1S/C20H18N6O/c21-6-9-25-8-5-14(12-25)26-18-16-4-7-22-19(16)23-11-17(18)24-20(26)13-2-1-3-15(27)10-13/h1-4,7,10-11,14,27H,5,8-9,12H2,(H,22,23). The molecule has 27 heavy (non-hydrogen) atoms. The molecule has 0 saturated carbocycles. The summed E-state index contributed by atoms with van der Waals surface area (Å²) < 4.78 is 2.26. The molecule has 3 aromatic heterocycles. The molecule has 1 unspecified atom stereocenters. The molecular weight excluding hydrogens is 340 g/mol. The van der Waals surface area contributed by atoms with Gasteiger partial charge in [0, 0.05) is 36.3 Å². The van der Waals surface area contributed by atoms with Crippen molar-refractivity contribution in [3.05, 3.63) is 42.7 Å². The number of nitriles is 1. The van der Waals surface area contributed by atoms with Gasteiger partial charge in [0.15, 0.2) is 0 Å². The summed E-state index contributed by atoms with van der Waals surface area (Å²) in [5.41, 5.74) is 3.58. The van der Waals surface area contributed by atoms with Gasteiger partial charge in [0.25, 0.3) is 0 Å². The van der Waals surface area contributed by atoms with E-state index in [4.69, 9.17) is 10.2 Å². The van der Waals surface area contributed by atoms with Crippen LogP contribution in [0.4, 0.5) is 0 Å². The summed E-state index contributed by atoms with van der Waals surface area (Å²) in [7, 11) is 0. The molecule has 1 atom stereocenters.